The third-order valence-corrected chi connectivity index (χ3v) is 8.29. The van der Waals surface area contributed by atoms with Crippen LogP contribution < -0.4 is 10.6 Å². The molecule has 6 nitrogen and oxygen atoms in total. The second kappa shape index (κ2) is 12.0. The fraction of sp³-hybridized carbons (Fsp3) is 0.500. The quantitative estimate of drug-likeness (QED) is 0.349. The number of fused-ring (bicyclic) bond motifs is 1. The van der Waals surface area contributed by atoms with Gasteiger partial charge in [0.1, 0.15) is 5.82 Å². The first kappa shape index (κ1) is 27.5. The van der Waals surface area contributed by atoms with Gasteiger partial charge in [0.2, 0.25) is 5.91 Å². The van der Waals surface area contributed by atoms with Crippen molar-refractivity contribution < 1.29 is 9.18 Å². The molecule has 1 fully saturated rings. The molecule has 2 atom stereocenters. The number of anilines is 1. The Morgan fingerprint density at radius 3 is 2.59 bits per heavy atom. The molecule has 2 N–H and O–H groups in total. The van der Waals surface area contributed by atoms with Crippen molar-refractivity contribution in [3.63, 3.8) is 0 Å². The van der Waals surface area contributed by atoms with Crippen LogP contribution in [0, 0.1) is 5.82 Å². The van der Waals surface area contributed by atoms with E-state index in [4.69, 9.17) is 0 Å². The fourth-order valence-electron chi connectivity index (χ4n) is 6.08. The van der Waals surface area contributed by atoms with Gasteiger partial charge in [0.15, 0.2) is 5.82 Å². The Balaban J connectivity index is 1.19. The van der Waals surface area contributed by atoms with Crippen LogP contribution in [0.3, 0.4) is 0 Å². The van der Waals surface area contributed by atoms with Crippen LogP contribution in [0.2, 0.25) is 0 Å². The maximum absolute atomic E-state index is 13.3. The van der Waals surface area contributed by atoms with Gasteiger partial charge in [0.25, 0.3) is 0 Å². The zero-order chi connectivity index (χ0) is 27.4. The first-order chi connectivity index (χ1) is 18.8. The average Bonchev–Trinajstić information content (AvgIpc) is 3.61. The molecular weight excluding hydrogens is 489 g/mol. The molecule has 208 valence electrons. The van der Waals surface area contributed by atoms with Gasteiger partial charge >= 0.3 is 0 Å². The fourth-order valence-corrected chi connectivity index (χ4v) is 6.08. The third-order valence-electron chi connectivity index (χ3n) is 8.29. The van der Waals surface area contributed by atoms with Crippen LogP contribution in [0.25, 0.3) is 11.1 Å². The van der Waals surface area contributed by atoms with Gasteiger partial charge in [0, 0.05) is 18.8 Å². The van der Waals surface area contributed by atoms with Crippen molar-refractivity contribution in [2.24, 2.45) is 0 Å². The number of hydrogen-bond acceptors (Lipinski definition) is 4. The summed E-state index contributed by atoms with van der Waals surface area (Å²) in [7, 11) is 0. The van der Waals surface area contributed by atoms with Gasteiger partial charge < -0.3 is 20.1 Å². The Hall–Kier alpha value is -3.03. The molecule has 1 amide bonds. The van der Waals surface area contributed by atoms with Gasteiger partial charge in [0.05, 0.1) is 17.9 Å². The van der Waals surface area contributed by atoms with E-state index in [2.05, 4.69) is 64.1 Å². The van der Waals surface area contributed by atoms with E-state index >= 15 is 0 Å². The van der Waals surface area contributed by atoms with Crippen molar-refractivity contribution in [3.8, 4) is 11.1 Å². The molecule has 1 aromatic heterocycles. The number of aryl methyl sites for hydroxylation is 1. The molecule has 1 aliphatic carbocycles. The second-order valence-electron chi connectivity index (χ2n) is 11.9. The monoisotopic (exact) mass is 531 g/mol. The topological polar surface area (TPSA) is 62.2 Å². The number of aromatic nitrogens is 2. The number of nitrogens with zero attached hydrogens (tertiary/aromatic N) is 3. The van der Waals surface area contributed by atoms with Crippen LogP contribution in [-0.4, -0.2) is 52.1 Å². The van der Waals surface area contributed by atoms with Crippen LogP contribution in [0.4, 0.5) is 10.2 Å². The summed E-state index contributed by atoms with van der Waals surface area (Å²) in [6.45, 7) is 9.86. The molecular formula is C32H42FN5O. The number of carbonyl (C=O) groups excluding carboxylic acids is 1. The molecule has 0 radical (unpaired) electrons. The molecule has 1 saturated heterocycles. The predicted octanol–water partition coefficient (Wildman–Crippen LogP) is 5.77. The molecule has 2 aliphatic rings. The molecule has 7 heteroatoms. The maximum Gasteiger partial charge on any atom is 0.242 e. The lowest BCUT2D eigenvalue weighted by Gasteiger charge is -2.31. The Morgan fingerprint density at radius 1 is 1.10 bits per heavy atom. The van der Waals surface area contributed by atoms with E-state index in [0.29, 0.717) is 5.82 Å². The number of carbonyl (C=O) groups is 1. The van der Waals surface area contributed by atoms with Gasteiger partial charge in [-0.15, -0.1) is 0 Å². The number of hydrogen-bond donors (Lipinski definition) is 2. The second-order valence-corrected chi connectivity index (χ2v) is 11.9. The summed E-state index contributed by atoms with van der Waals surface area (Å²) in [5.74, 6) is 0.377. The lowest BCUT2D eigenvalue weighted by atomic mass is 9.86. The Morgan fingerprint density at radius 2 is 1.85 bits per heavy atom. The highest BCUT2D eigenvalue weighted by Gasteiger charge is 2.28. The molecule has 2 heterocycles. The lowest BCUT2D eigenvalue weighted by Crippen LogP contribution is -2.47. The highest BCUT2D eigenvalue weighted by molar-refractivity contribution is 5.94. The van der Waals surface area contributed by atoms with Gasteiger partial charge in [-0.1, -0.05) is 43.7 Å². The van der Waals surface area contributed by atoms with Gasteiger partial charge in [-0.3, -0.25) is 4.79 Å². The smallest absolute Gasteiger partial charge is 0.242 e. The van der Waals surface area contributed by atoms with E-state index in [1.165, 1.54) is 36.1 Å². The van der Waals surface area contributed by atoms with Gasteiger partial charge in [-0.25, -0.2) is 9.37 Å². The molecule has 5 rings (SSSR count). The Bertz CT molecular complexity index is 1260. The highest BCUT2D eigenvalue weighted by atomic mass is 19.1. The van der Waals surface area contributed by atoms with E-state index in [1.807, 2.05) is 24.7 Å². The Kier molecular flexibility index (Phi) is 8.48. The van der Waals surface area contributed by atoms with Crippen molar-refractivity contribution in [2.75, 3.05) is 25.0 Å². The summed E-state index contributed by atoms with van der Waals surface area (Å²) < 4.78 is 15.5. The summed E-state index contributed by atoms with van der Waals surface area (Å²) in [4.78, 5) is 20.4. The normalized spacial score (nSPS) is 18.6. The summed E-state index contributed by atoms with van der Waals surface area (Å²) in [6.07, 6.45) is 10.9. The van der Waals surface area contributed by atoms with E-state index in [0.717, 1.165) is 62.9 Å². The van der Waals surface area contributed by atoms with E-state index < -0.39 is 0 Å². The number of benzene rings is 2. The number of amides is 1. The van der Waals surface area contributed by atoms with Crippen LogP contribution in [-0.2, 0) is 23.2 Å². The van der Waals surface area contributed by atoms with Crippen molar-refractivity contribution in [1.29, 1.82) is 0 Å². The van der Waals surface area contributed by atoms with Crippen molar-refractivity contribution in [3.05, 3.63) is 71.9 Å². The summed E-state index contributed by atoms with van der Waals surface area (Å²) >= 11 is 0. The third kappa shape index (κ3) is 6.76. The van der Waals surface area contributed by atoms with Gasteiger partial charge in [-0.05, 0) is 99.8 Å². The number of nitrogens with one attached hydrogen (secondary N) is 2. The predicted molar refractivity (Wildman–Crippen MR) is 155 cm³/mol. The number of rotatable bonds is 10. The average molecular weight is 532 g/mol. The van der Waals surface area contributed by atoms with Gasteiger partial charge in [-0.2, -0.15) is 0 Å². The first-order valence-electron chi connectivity index (χ1n) is 14.5. The number of imidazole rings is 1. The minimum Gasteiger partial charge on any atom is -0.328 e. The molecule has 0 bridgehead atoms. The zero-order valence-corrected chi connectivity index (χ0v) is 23.5. The summed E-state index contributed by atoms with van der Waals surface area (Å²) in [5.41, 5.74) is 4.72. The number of halogens is 1. The maximum atomic E-state index is 13.3. The van der Waals surface area contributed by atoms with Crippen molar-refractivity contribution in [2.45, 2.75) is 83.3 Å². The van der Waals surface area contributed by atoms with Crippen molar-refractivity contribution >= 4 is 11.7 Å². The summed E-state index contributed by atoms with van der Waals surface area (Å²) in [5, 5.41) is 6.74. The molecule has 39 heavy (non-hydrogen) atoms. The molecule has 0 saturated carbocycles. The zero-order valence-electron chi connectivity index (χ0n) is 23.5. The van der Waals surface area contributed by atoms with Crippen LogP contribution in [0.1, 0.15) is 64.0 Å². The minimum absolute atomic E-state index is 0.0168. The number of likely N-dealkylation sites (tertiary alicyclic amines) is 1. The standard InChI is InChI=1S/C32H42FN5O/c1-4-7-29(31(39)36-30-20-38(22-34-30)32(2,3)21-37-16-5-6-17-37)35-28-15-12-25-18-24(8-9-26(25)19-28)23-10-13-27(33)14-11-23/h8-11,13-14,18,20,22,28-29,35H,4-7,12,15-17,19,21H2,1-3H3,(H,36,39). The van der Waals surface area contributed by atoms with E-state index in [-0.39, 0.29) is 29.3 Å². The largest absolute Gasteiger partial charge is 0.328 e. The summed E-state index contributed by atoms with van der Waals surface area (Å²) in [6, 6.07) is 13.2. The van der Waals surface area contributed by atoms with E-state index in [1.54, 1.807) is 0 Å². The molecule has 3 aromatic rings. The molecule has 2 unspecified atom stereocenters. The SMILES string of the molecule is CCCC(NC1CCc2cc(-c3ccc(F)cc3)ccc2C1)C(=O)Nc1cn(C(C)(C)CN2CCCC2)cn1. The van der Waals surface area contributed by atoms with Crippen LogP contribution in [0.15, 0.2) is 55.0 Å². The highest BCUT2D eigenvalue weighted by Crippen LogP contribution is 2.28. The van der Waals surface area contributed by atoms with E-state index in [9.17, 15) is 9.18 Å². The lowest BCUT2D eigenvalue weighted by molar-refractivity contribution is -0.118. The van der Waals surface area contributed by atoms with Crippen molar-refractivity contribution in [1.82, 2.24) is 19.8 Å². The molecule has 0 spiro atoms. The van der Waals surface area contributed by atoms with Crippen LogP contribution >= 0.6 is 0 Å². The Labute approximate surface area is 232 Å². The molecule has 1 aliphatic heterocycles. The molecule has 2 aromatic carbocycles. The first-order valence-corrected chi connectivity index (χ1v) is 14.5. The minimum atomic E-state index is -0.261. The van der Waals surface area contributed by atoms with Crippen LogP contribution in [0.5, 0.6) is 0 Å².